The van der Waals surface area contributed by atoms with Gasteiger partial charge in [-0.3, -0.25) is 4.98 Å². The first-order chi connectivity index (χ1) is 12.6. The van der Waals surface area contributed by atoms with Gasteiger partial charge in [0.1, 0.15) is 6.17 Å². The lowest BCUT2D eigenvalue weighted by Crippen LogP contribution is -2.36. The van der Waals surface area contributed by atoms with Crippen LogP contribution in [0.1, 0.15) is 18.2 Å². The van der Waals surface area contributed by atoms with Gasteiger partial charge in [0, 0.05) is 24.0 Å². The number of aryl methyl sites for hydroxylation is 2. The van der Waals surface area contributed by atoms with Crippen molar-refractivity contribution in [3.05, 3.63) is 59.9 Å². The molecule has 4 heteroatoms. The zero-order chi connectivity index (χ0) is 18.0. The molecule has 5 rings (SSSR count). The maximum atomic E-state index is 6.38. The second kappa shape index (κ2) is 5.24. The number of fused-ring (bicyclic) bond motifs is 4. The Kier molecular flexibility index (Phi) is 3.08. The molecule has 0 N–H and O–H groups in total. The summed E-state index contributed by atoms with van der Waals surface area (Å²) >= 11 is 0. The van der Waals surface area contributed by atoms with E-state index in [0.29, 0.717) is 0 Å². The quantitative estimate of drug-likeness (QED) is 0.455. The Morgan fingerprint density at radius 1 is 0.923 bits per heavy atom. The molecule has 0 radical (unpaired) electrons. The van der Waals surface area contributed by atoms with E-state index in [2.05, 4.69) is 72.1 Å². The summed E-state index contributed by atoms with van der Waals surface area (Å²) in [4.78, 5) is 9.10. The third-order valence-electron chi connectivity index (χ3n) is 5.61. The first-order valence-electron chi connectivity index (χ1n) is 8.96. The number of benzene rings is 2. The lowest BCUT2D eigenvalue weighted by atomic mass is 10.1. The molecule has 1 aliphatic heterocycles. The Hall–Kier alpha value is -3.01. The van der Waals surface area contributed by atoms with Crippen LogP contribution in [0.5, 0.6) is 0 Å². The van der Waals surface area contributed by atoms with Crippen LogP contribution in [-0.4, -0.2) is 18.2 Å². The highest BCUT2D eigenvalue weighted by Gasteiger charge is 2.34. The van der Waals surface area contributed by atoms with Gasteiger partial charge in [-0.15, -0.1) is 0 Å². The minimum Gasteiger partial charge on any atom is -0.452 e. The summed E-state index contributed by atoms with van der Waals surface area (Å²) in [6, 6.07) is 14.9. The summed E-state index contributed by atoms with van der Waals surface area (Å²) < 4.78 is 6.38. The van der Waals surface area contributed by atoms with Crippen molar-refractivity contribution in [2.24, 2.45) is 0 Å². The Morgan fingerprint density at radius 2 is 1.65 bits per heavy atom. The molecular weight excluding hydrogens is 322 g/mol. The van der Waals surface area contributed by atoms with E-state index in [1.54, 1.807) is 0 Å². The highest BCUT2D eigenvalue weighted by atomic mass is 16.3. The smallest absolute Gasteiger partial charge is 0.159 e. The van der Waals surface area contributed by atoms with Gasteiger partial charge in [-0.25, -0.2) is 0 Å². The van der Waals surface area contributed by atoms with Crippen molar-refractivity contribution in [2.75, 3.05) is 16.8 Å². The van der Waals surface area contributed by atoms with Crippen molar-refractivity contribution in [3.63, 3.8) is 0 Å². The van der Waals surface area contributed by atoms with Crippen molar-refractivity contribution < 1.29 is 4.42 Å². The number of anilines is 3. The van der Waals surface area contributed by atoms with Crippen LogP contribution in [0.15, 0.2) is 53.1 Å². The topological polar surface area (TPSA) is 32.5 Å². The van der Waals surface area contributed by atoms with Gasteiger partial charge in [-0.05, 0) is 44.5 Å². The number of hydrogen-bond donors (Lipinski definition) is 0. The van der Waals surface area contributed by atoms with E-state index in [4.69, 9.17) is 4.42 Å². The van der Waals surface area contributed by atoms with Gasteiger partial charge in [0.25, 0.3) is 0 Å². The van der Waals surface area contributed by atoms with E-state index in [1.165, 1.54) is 16.9 Å². The number of nitrogens with zero attached hydrogens (tertiary/aromatic N) is 3. The molecule has 1 atom stereocenters. The monoisotopic (exact) mass is 343 g/mol. The summed E-state index contributed by atoms with van der Waals surface area (Å²) in [6.45, 7) is 6.38. The molecule has 4 aromatic rings. The Bertz CT molecular complexity index is 1160. The van der Waals surface area contributed by atoms with Gasteiger partial charge < -0.3 is 14.2 Å². The maximum absolute atomic E-state index is 6.38. The minimum absolute atomic E-state index is 0.212. The molecule has 0 aliphatic carbocycles. The first-order valence-corrected chi connectivity index (χ1v) is 8.96. The molecule has 0 fully saturated rings. The van der Waals surface area contributed by atoms with Gasteiger partial charge in [-0.2, -0.15) is 0 Å². The van der Waals surface area contributed by atoms with Gasteiger partial charge in [0.15, 0.2) is 11.2 Å². The van der Waals surface area contributed by atoms with E-state index in [-0.39, 0.29) is 6.17 Å². The van der Waals surface area contributed by atoms with Crippen LogP contribution in [-0.2, 0) is 0 Å². The SMILES string of the molecule is Cc1ccc2c(oc3c(C)nccc32)c1N1c2ccccc2N(C)C1C. The fourth-order valence-electron chi connectivity index (χ4n) is 4.13. The van der Waals surface area contributed by atoms with Crippen LogP contribution in [0.3, 0.4) is 0 Å². The first kappa shape index (κ1) is 15.3. The van der Waals surface area contributed by atoms with E-state index >= 15 is 0 Å². The number of rotatable bonds is 1. The fraction of sp³-hybridized carbons (Fsp3) is 0.227. The van der Waals surface area contributed by atoms with E-state index in [9.17, 15) is 0 Å². The summed E-state index contributed by atoms with van der Waals surface area (Å²) in [5.41, 5.74) is 7.55. The number of furan rings is 1. The van der Waals surface area contributed by atoms with Gasteiger partial charge >= 0.3 is 0 Å². The third kappa shape index (κ3) is 1.87. The number of para-hydroxylation sites is 2. The Balaban J connectivity index is 1.86. The molecule has 3 heterocycles. The van der Waals surface area contributed by atoms with Crippen molar-refractivity contribution in [1.82, 2.24) is 4.98 Å². The molecule has 0 saturated carbocycles. The molecule has 0 bridgehead atoms. The van der Waals surface area contributed by atoms with Crippen molar-refractivity contribution in [3.8, 4) is 0 Å². The van der Waals surface area contributed by atoms with Crippen molar-refractivity contribution >= 4 is 39.0 Å². The summed E-state index contributed by atoms with van der Waals surface area (Å²) in [7, 11) is 2.14. The van der Waals surface area contributed by atoms with Gasteiger partial charge in [0.2, 0.25) is 0 Å². The molecule has 4 nitrogen and oxygen atoms in total. The van der Waals surface area contributed by atoms with E-state index in [0.717, 1.165) is 33.3 Å². The van der Waals surface area contributed by atoms with Crippen molar-refractivity contribution in [2.45, 2.75) is 26.9 Å². The molecule has 26 heavy (non-hydrogen) atoms. The molecular formula is C22H21N3O. The van der Waals surface area contributed by atoms with Crippen molar-refractivity contribution in [1.29, 1.82) is 0 Å². The lowest BCUT2D eigenvalue weighted by Gasteiger charge is -2.29. The van der Waals surface area contributed by atoms with Gasteiger partial charge in [-0.1, -0.05) is 24.3 Å². The van der Waals surface area contributed by atoms with E-state index in [1.807, 2.05) is 19.2 Å². The fourth-order valence-corrected chi connectivity index (χ4v) is 4.13. The van der Waals surface area contributed by atoms with Crippen LogP contribution < -0.4 is 9.80 Å². The number of aromatic nitrogens is 1. The third-order valence-corrected chi connectivity index (χ3v) is 5.61. The number of pyridine rings is 1. The molecule has 0 spiro atoms. The molecule has 0 amide bonds. The standard InChI is InChI=1S/C22H21N3O/c1-13-9-10-16-17-11-12-23-14(2)21(17)26-22(16)20(13)25-15(3)24(4)18-7-5-6-8-19(18)25/h5-12,15H,1-4H3. The minimum atomic E-state index is 0.212. The highest BCUT2D eigenvalue weighted by Crippen LogP contribution is 2.47. The molecule has 0 saturated heterocycles. The summed E-state index contributed by atoms with van der Waals surface area (Å²) in [6.07, 6.45) is 2.07. The van der Waals surface area contributed by atoms with Crippen LogP contribution in [0.2, 0.25) is 0 Å². The Labute approximate surface area is 152 Å². The maximum Gasteiger partial charge on any atom is 0.159 e. The van der Waals surface area contributed by atoms with Crippen LogP contribution in [0, 0.1) is 13.8 Å². The Morgan fingerprint density at radius 3 is 2.46 bits per heavy atom. The average Bonchev–Trinajstić information content (AvgIpc) is 3.14. The molecule has 1 unspecified atom stereocenters. The predicted octanol–water partition coefficient (Wildman–Crippen LogP) is 5.53. The van der Waals surface area contributed by atoms with Crippen LogP contribution >= 0.6 is 0 Å². The number of hydrogen-bond acceptors (Lipinski definition) is 4. The summed E-state index contributed by atoms with van der Waals surface area (Å²) in [5.74, 6) is 0. The largest absolute Gasteiger partial charge is 0.452 e. The van der Waals surface area contributed by atoms with Crippen LogP contribution in [0.25, 0.3) is 21.9 Å². The molecule has 2 aromatic carbocycles. The highest BCUT2D eigenvalue weighted by molar-refractivity contribution is 6.11. The predicted molar refractivity (Wildman–Crippen MR) is 107 cm³/mol. The summed E-state index contributed by atoms with van der Waals surface area (Å²) in [5, 5.41) is 2.27. The zero-order valence-electron chi connectivity index (χ0n) is 15.4. The normalized spacial score (nSPS) is 16.7. The zero-order valence-corrected chi connectivity index (χ0v) is 15.4. The second-order valence-corrected chi connectivity index (χ2v) is 7.08. The van der Waals surface area contributed by atoms with E-state index < -0.39 is 0 Å². The lowest BCUT2D eigenvalue weighted by molar-refractivity contribution is 0.656. The molecule has 1 aliphatic rings. The molecule has 2 aromatic heterocycles. The molecule has 130 valence electrons. The average molecular weight is 343 g/mol. The second-order valence-electron chi connectivity index (χ2n) is 7.08. The van der Waals surface area contributed by atoms with Gasteiger partial charge in [0.05, 0.1) is 22.8 Å². The van der Waals surface area contributed by atoms with Crippen LogP contribution in [0.4, 0.5) is 17.1 Å².